The molecule has 1 aromatic heterocycles. The summed E-state index contributed by atoms with van der Waals surface area (Å²) >= 11 is 0. The zero-order valence-corrected chi connectivity index (χ0v) is 6.56. The van der Waals surface area contributed by atoms with Gasteiger partial charge in [-0.05, 0) is 0 Å². The number of amides is 1. The Labute approximate surface area is 68.7 Å². The average molecular weight is 172 g/mol. The van der Waals surface area contributed by atoms with Crippen molar-refractivity contribution in [2.45, 2.75) is 0 Å². The van der Waals surface area contributed by atoms with Gasteiger partial charge >= 0.3 is 0 Å². The molecule has 0 bridgehead atoms. The first-order valence-electron chi connectivity index (χ1n) is 3.35. The summed E-state index contributed by atoms with van der Waals surface area (Å²) in [6.07, 6.45) is 1.11. The molecule has 0 radical (unpaired) electrons. The Morgan fingerprint density at radius 1 is 1.83 bits per heavy atom. The highest BCUT2D eigenvalue weighted by Crippen LogP contribution is 1.99. The van der Waals surface area contributed by atoms with Gasteiger partial charge in [-0.1, -0.05) is 0 Å². The van der Waals surface area contributed by atoms with Crippen molar-refractivity contribution in [3.8, 4) is 0 Å². The smallest absolute Gasteiger partial charge is 0.269 e. The summed E-state index contributed by atoms with van der Waals surface area (Å²) in [7, 11) is 1.45. The van der Waals surface area contributed by atoms with Crippen molar-refractivity contribution in [2.24, 2.45) is 0 Å². The summed E-state index contributed by atoms with van der Waals surface area (Å²) in [5.41, 5.74) is 0.185. The van der Waals surface area contributed by atoms with Gasteiger partial charge in [0.15, 0.2) is 0 Å². The largest absolute Gasteiger partial charge is 0.364 e. The fourth-order valence-electron chi connectivity index (χ4n) is 0.732. The van der Waals surface area contributed by atoms with E-state index in [0.29, 0.717) is 0 Å². The van der Waals surface area contributed by atoms with Crippen LogP contribution in [0.3, 0.4) is 0 Å². The molecular weight excluding hydrogens is 163 g/mol. The van der Waals surface area contributed by atoms with E-state index >= 15 is 0 Å². The number of rotatable bonds is 3. The first-order chi connectivity index (χ1) is 5.74. The second-order valence-electron chi connectivity index (χ2n) is 2.17. The van der Waals surface area contributed by atoms with Gasteiger partial charge in [0.25, 0.3) is 5.91 Å². The molecule has 0 unspecified atom stereocenters. The van der Waals surface area contributed by atoms with Crippen LogP contribution in [0.25, 0.3) is 0 Å². The molecule has 0 aliphatic rings. The highest BCUT2D eigenvalue weighted by atomic mass is 19.1. The first kappa shape index (κ1) is 8.73. The Bertz CT molecular complexity index is 272. The molecule has 1 amide bonds. The minimum atomic E-state index is -0.461. The quantitative estimate of drug-likeness (QED) is 0.652. The molecule has 1 heterocycles. The molecule has 0 fully saturated rings. The van der Waals surface area contributed by atoms with E-state index in [1.54, 1.807) is 0 Å². The lowest BCUT2D eigenvalue weighted by molar-refractivity contribution is 0.0867. The van der Waals surface area contributed by atoms with Crippen molar-refractivity contribution in [3.05, 3.63) is 23.8 Å². The monoisotopic (exact) mass is 172 g/mol. The Morgan fingerprint density at radius 2 is 2.58 bits per heavy atom. The molecule has 0 aliphatic heterocycles. The lowest BCUT2D eigenvalue weighted by atomic mass is 10.4. The number of halogens is 1. The van der Waals surface area contributed by atoms with Crippen LogP contribution in [0.1, 0.15) is 10.5 Å². The van der Waals surface area contributed by atoms with Crippen LogP contribution >= 0.6 is 0 Å². The number of nitrogens with one attached hydrogen (secondary N) is 2. The standard InChI is InChI=1S/C7H9FN2O2/c1-12-4-10-7(11)6-2-5(8)3-9-6/h2-3,9H,4H2,1H3,(H,10,11). The van der Waals surface area contributed by atoms with Crippen molar-refractivity contribution < 1.29 is 13.9 Å². The van der Waals surface area contributed by atoms with E-state index < -0.39 is 5.82 Å². The average Bonchev–Trinajstić information content (AvgIpc) is 2.47. The van der Waals surface area contributed by atoms with Crippen LogP contribution in [0, 0.1) is 5.82 Å². The number of aromatic amines is 1. The number of hydrogen-bond acceptors (Lipinski definition) is 2. The third-order valence-corrected chi connectivity index (χ3v) is 1.27. The summed E-state index contributed by atoms with van der Waals surface area (Å²) in [5, 5.41) is 2.40. The Hall–Kier alpha value is -1.36. The molecule has 0 saturated carbocycles. The Balaban J connectivity index is 2.53. The van der Waals surface area contributed by atoms with Gasteiger partial charge in [0, 0.05) is 19.4 Å². The van der Waals surface area contributed by atoms with Crippen LogP contribution < -0.4 is 5.32 Å². The minimum absolute atomic E-state index is 0.111. The van der Waals surface area contributed by atoms with E-state index in [0.717, 1.165) is 12.3 Å². The highest BCUT2D eigenvalue weighted by molar-refractivity contribution is 5.92. The summed E-state index contributed by atoms with van der Waals surface area (Å²) in [5.74, 6) is -0.849. The summed E-state index contributed by atoms with van der Waals surface area (Å²) in [6, 6.07) is 1.12. The molecule has 66 valence electrons. The van der Waals surface area contributed by atoms with E-state index in [-0.39, 0.29) is 18.3 Å². The third kappa shape index (κ3) is 2.06. The van der Waals surface area contributed by atoms with Gasteiger partial charge in [0.2, 0.25) is 0 Å². The van der Waals surface area contributed by atoms with Crippen LogP contribution in [0.15, 0.2) is 12.3 Å². The number of aromatic nitrogens is 1. The Morgan fingerprint density at radius 3 is 3.08 bits per heavy atom. The number of methoxy groups -OCH3 is 1. The van der Waals surface area contributed by atoms with Gasteiger partial charge in [0.1, 0.15) is 18.2 Å². The van der Waals surface area contributed by atoms with Gasteiger partial charge in [-0.25, -0.2) is 4.39 Å². The molecule has 1 aromatic rings. The molecule has 0 spiro atoms. The SMILES string of the molecule is COCNC(=O)c1cc(F)c[nH]1. The van der Waals surface area contributed by atoms with E-state index in [1.807, 2.05) is 0 Å². The Kier molecular flexibility index (Phi) is 2.82. The summed E-state index contributed by atoms with van der Waals surface area (Å²) < 4.78 is 17.0. The zero-order valence-electron chi connectivity index (χ0n) is 6.56. The van der Waals surface area contributed by atoms with Crippen LogP contribution in [-0.4, -0.2) is 24.7 Å². The molecule has 0 saturated heterocycles. The molecule has 5 heteroatoms. The van der Waals surface area contributed by atoms with Crippen LogP contribution in [0.5, 0.6) is 0 Å². The maximum atomic E-state index is 12.4. The topological polar surface area (TPSA) is 54.1 Å². The normalized spacial score (nSPS) is 9.83. The highest BCUT2D eigenvalue weighted by Gasteiger charge is 2.06. The predicted molar refractivity (Wildman–Crippen MR) is 40.1 cm³/mol. The summed E-state index contributed by atoms with van der Waals surface area (Å²) in [4.78, 5) is 13.5. The number of ether oxygens (including phenoxy) is 1. The predicted octanol–water partition coefficient (Wildman–Crippen LogP) is 0.487. The van der Waals surface area contributed by atoms with Crippen LogP contribution in [-0.2, 0) is 4.74 Å². The number of hydrogen-bond donors (Lipinski definition) is 2. The first-order valence-corrected chi connectivity index (χ1v) is 3.35. The van der Waals surface area contributed by atoms with Crippen molar-refractivity contribution in [3.63, 3.8) is 0 Å². The van der Waals surface area contributed by atoms with Gasteiger partial charge in [-0.3, -0.25) is 4.79 Å². The van der Waals surface area contributed by atoms with Gasteiger partial charge in [0.05, 0.1) is 0 Å². The summed E-state index contributed by atoms with van der Waals surface area (Å²) in [6.45, 7) is 0.111. The zero-order chi connectivity index (χ0) is 8.97. The van der Waals surface area contributed by atoms with E-state index in [2.05, 4.69) is 15.0 Å². The van der Waals surface area contributed by atoms with Crippen molar-refractivity contribution in [1.82, 2.24) is 10.3 Å². The molecule has 0 atom stereocenters. The van der Waals surface area contributed by atoms with E-state index in [1.165, 1.54) is 7.11 Å². The lowest BCUT2D eigenvalue weighted by Crippen LogP contribution is -2.25. The lowest BCUT2D eigenvalue weighted by Gasteiger charge is -1.99. The van der Waals surface area contributed by atoms with Crippen molar-refractivity contribution in [1.29, 1.82) is 0 Å². The fourth-order valence-corrected chi connectivity index (χ4v) is 0.732. The third-order valence-electron chi connectivity index (χ3n) is 1.27. The molecule has 0 aliphatic carbocycles. The second-order valence-corrected chi connectivity index (χ2v) is 2.17. The maximum Gasteiger partial charge on any atom is 0.269 e. The molecule has 12 heavy (non-hydrogen) atoms. The molecular formula is C7H9FN2O2. The van der Waals surface area contributed by atoms with Gasteiger partial charge < -0.3 is 15.0 Å². The van der Waals surface area contributed by atoms with Crippen molar-refractivity contribution >= 4 is 5.91 Å². The van der Waals surface area contributed by atoms with E-state index in [9.17, 15) is 9.18 Å². The minimum Gasteiger partial charge on any atom is -0.364 e. The fraction of sp³-hybridized carbons (Fsp3) is 0.286. The molecule has 4 nitrogen and oxygen atoms in total. The van der Waals surface area contributed by atoms with Crippen LogP contribution in [0.4, 0.5) is 4.39 Å². The van der Waals surface area contributed by atoms with E-state index in [4.69, 9.17) is 0 Å². The molecule has 0 aromatic carbocycles. The molecule has 2 N–H and O–H groups in total. The number of carbonyl (C=O) groups excluding carboxylic acids is 1. The second kappa shape index (κ2) is 3.87. The van der Waals surface area contributed by atoms with Crippen LogP contribution in [0.2, 0.25) is 0 Å². The maximum absolute atomic E-state index is 12.4. The van der Waals surface area contributed by atoms with Crippen molar-refractivity contribution in [2.75, 3.05) is 13.8 Å². The van der Waals surface area contributed by atoms with Gasteiger partial charge in [-0.15, -0.1) is 0 Å². The number of carbonyl (C=O) groups is 1. The van der Waals surface area contributed by atoms with Gasteiger partial charge in [-0.2, -0.15) is 0 Å². The molecule has 1 rings (SSSR count). The number of H-pyrrole nitrogens is 1.